The largest absolute Gasteiger partial charge is 0.477 e. The number of aryl methyl sites for hydroxylation is 1. The molecule has 7 heteroatoms. The van der Waals surface area contributed by atoms with Crippen molar-refractivity contribution in [2.45, 2.75) is 32.6 Å². The van der Waals surface area contributed by atoms with E-state index in [0.29, 0.717) is 12.2 Å². The molecule has 0 spiro atoms. The maximum Gasteiger partial charge on any atom is 0.352 e. The first kappa shape index (κ1) is 15.7. The van der Waals surface area contributed by atoms with Crippen LogP contribution in [-0.2, 0) is 10.0 Å². The van der Waals surface area contributed by atoms with Gasteiger partial charge in [-0.1, -0.05) is 13.8 Å². The lowest BCUT2D eigenvalue weighted by Gasteiger charge is -2.19. The summed E-state index contributed by atoms with van der Waals surface area (Å²) in [5.74, 6) is -0.966. The average molecular weight is 288 g/mol. The molecule has 1 aromatic heterocycles. The van der Waals surface area contributed by atoms with E-state index in [4.69, 9.17) is 5.11 Å². The van der Waals surface area contributed by atoms with Crippen molar-refractivity contribution in [1.82, 2.24) is 9.29 Å². The fourth-order valence-corrected chi connectivity index (χ4v) is 3.83. The van der Waals surface area contributed by atoms with Gasteiger partial charge in [0.15, 0.2) is 0 Å². The Balaban J connectivity index is 3.34. The molecule has 0 amide bonds. The molecule has 19 heavy (non-hydrogen) atoms. The van der Waals surface area contributed by atoms with Crippen LogP contribution in [0.5, 0.6) is 0 Å². The third-order valence-electron chi connectivity index (χ3n) is 2.87. The Kier molecular flexibility index (Phi) is 4.42. The van der Waals surface area contributed by atoms with Crippen LogP contribution >= 0.6 is 0 Å². The summed E-state index contributed by atoms with van der Waals surface area (Å²) in [5.41, 5.74) is 0.528. The van der Waals surface area contributed by atoms with Crippen LogP contribution in [0, 0.1) is 19.8 Å². The first-order chi connectivity index (χ1) is 8.59. The molecule has 1 aromatic rings. The highest BCUT2D eigenvalue weighted by atomic mass is 32.2. The summed E-state index contributed by atoms with van der Waals surface area (Å²) in [6, 6.07) is 0. The molecule has 0 saturated carbocycles. The van der Waals surface area contributed by atoms with Crippen LogP contribution in [0.25, 0.3) is 0 Å². The molecule has 6 nitrogen and oxygen atoms in total. The molecule has 108 valence electrons. The molecular formula is C12H20N2O4S. The van der Waals surface area contributed by atoms with Gasteiger partial charge in [0.2, 0.25) is 10.0 Å². The topological polar surface area (TPSA) is 90.5 Å². The second-order valence-electron chi connectivity index (χ2n) is 5.06. The van der Waals surface area contributed by atoms with Crippen LogP contribution in [0.1, 0.15) is 35.6 Å². The lowest BCUT2D eigenvalue weighted by Crippen LogP contribution is -2.31. The van der Waals surface area contributed by atoms with E-state index in [1.165, 1.54) is 18.3 Å². The van der Waals surface area contributed by atoms with Gasteiger partial charge in [0, 0.05) is 24.8 Å². The van der Waals surface area contributed by atoms with Gasteiger partial charge in [0.25, 0.3) is 0 Å². The highest BCUT2D eigenvalue weighted by Gasteiger charge is 2.29. The number of H-pyrrole nitrogens is 1. The van der Waals surface area contributed by atoms with Gasteiger partial charge in [0.05, 0.1) is 0 Å². The van der Waals surface area contributed by atoms with E-state index in [2.05, 4.69) is 4.98 Å². The summed E-state index contributed by atoms with van der Waals surface area (Å²) in [4.78, 5) is 13.7. The maximum atomic E-state index is 12.5. The molecule has 0 atom stereocenters. The molecule has 0 fully saturated rings. The van der Waals surface area contributed by atoms with Gasteiger partial charge in [-0.05, 0) is 19.8 Å². The number of hydrogen-bond donors (Lipinski definition) is 2. The summed E-state index contributed by atoms with van der Waals surface area (Å²) in [6.45, 7) is 7.30. The number of carboxylic acids is 1. The molecule has 1 heterocycles. The van der Waals surface area contributed by atoms with E-state index in [1.54, 1.807) is 6.92 Å². The Bertz CT molecular complexity index is 587. The lowest BCUT2D eigenvalue weighted by molar-refractivity contribution is 0.0690. The minimum Gasteiger partial charge on any atom is -0.477 e. The van der Waals surface area contributed by atoms with Gasteiger partial charge in [-0.2, -0.15) is 0 Å². The van der Waals surface area contributed by atoms with Crippen LogP contribution in [0.3, 0.4) is 0 Å². The van der Waals surface area contributed by atoms with E-state index in [-0.39, 0.29) is 22.1 Å². The second kappa shape index (κ2) is 5.34. The van der Waals surface area contributed by atoms with Crippen molar-refractivity contribution in [3.63, 3.8) is 0 Å². The van der Waals surface area contributed by atoms with Crippen LogP contribution in [-0.4, -0.2) is 42.4 Å². The number of sulfonamides is 1. The van der Waals surface area contributed by atoms with Crippen molar-refractivity contribution in [2.24, 2.45) is 5.92 Å². The number of nitrogens with zero attached hydrogens (tertiary/aromatic N) is 1. The monoisotopic (exact) mass is 288 g/mol. The summed E-state index contributed by atoms with van der Waals surface area (Å²) in [5, 5.41) is 9.01. The standard InChI is InChI=1S/C12H20N2O4S/c1-7(2)6-14(5)19(17,18)11-8(3)10(12(15)16)13-9(11)4/h7,13H,6H2,1-5H3,(H,15,16). The third kappa shape index (κ3) is 2.98. The predicted octanol–water partition coefficient (Wildman–Crippen LogP) is 1.61. The SMILES string of the molecule is Cc1[nH]c(C(=O)O)c(C)c1S(=O)(=O)N(C)CC(C)C. The summed E-state index contributed by atoms with van der Waals surface area (Å²) >= 11 is 0. The van der Waals surface area contributed by atoms with E-state index < -0.39 is 16.0 Å². The smallest absolute Gasteiger partial charge is 0.352 e. The summed E-state index contributed by atoms with van der Waals surface area (Å²) < 4.78 is 26.2. The Morgan fingerprint density at radius 3 is 2.26 bits per heavy atom. The molecule has 2 N–H and O–H groups in total. The van der Waals surface area contributed by atoms with Crippen molar-refractivity contribution in [1.29, 1.82) is 0 Å². The van der Waals surface area contributed by atoms with E-state index in [9.17, 15) is 13.2 Å². The van der Waals surface area contributed by atoms with Crippen molar-refractivity contribution in [3.8, 4) is 0 Å². The number of rotatable bonds is 5. The molecule has 0 unspecified atom stereocenters. The van der Waals surface area contributed by atoms with Crippen LogP contribution in [0.4, 0.5) is 0 Å². The predicted molar refractivity (Wildman–Crippen MR) is 71.9 cm³/mol. The van der Waals surface area contributed by atoms with E-state index in [1.807, 2.05) is 13.8 Å². The van der Waals surface area contributed by atoms with Gasteiger partial charge < -0.3 is 10.1 Å². The summed E-state index contributed by atoms with van der Waals surface area (Å²) in [6.07, 6.45) is 0. The Hall–Kier alpha value is -1.34. The third-order valence-corrected chi connectivity index (χ3v) is 4.97. The number of carbonyl (C=O) groups is 1. The average Bonchev–Trinajstić information content (AvgIpc) is 2.53. The first-order valence-electron chi connectivity index (χ1n) is 5.97. The van der Waals surface area contributed by atoms with Crippen molar-refractivity contribution in [3.05, 3.63) is 17.0 Å². The molecule has 0 bridgehead atoms. The molecule has 0 aliphatic rings. The first-order valence-corrected chi connectivity index (χ1v) is 7.41. The number of nitrogens with one attached hydrogen (secondary N) is 1. The van der Waals surface area contributed by atoms with Gasteiger partial charge in [-0.3, -0.25) is 0 Å². The Morgan fingerprint density at radius 1 is 1.37 bits per heavy atom. The fraction of sp³-hybridized carbons (Fsp3) is 0.583. The number of aromatic nitrogens is 1. The van der Waals surface area contributed by atoms with Crippen LogP contribution < -0.4 is 0 Å². The van der Waals surface area contributed by atoms with E-state index in [0.717, 1.165) is 0 Å². The van der Waals surface area contributed by atoms with E-state index >= 15 is 0 Å². The van der Waals surface area contributed by atoms with Crippen LogP contribution in [0.2, 0.25) is 0 Å². The van der Waals surface area contributed by atoms with Gasteiger partial charge in [-0.15, -0.1) is 0 Å². The van der Waals surface area contributed by atoms with Crippen molar-refractivity contribution < 1.29 is 18.3 Å². The van der Waals surface area contributed by atoms with Gasteiger partial charge in [-0.25, -0.2) is 17.5 Å². The molecule has 0 aliphatic heterocycles. The number of aromatic amines is 1. The van der Waals surface area contributed by atoms with Crippen LogP contribution in [0.15, 0.2) is 4.90 Å². The highest BCUT2D eigenvalue weighted by Crippen LogP contribution is 2.26. The zero-order valence-corrected chi connectivity index (χ0v) is 12.6. The quantitative estimate of drug-likeness (QED) is 0.861. The van der Waals surface area contributed by atoms with Crippen molar-refractivity contribution >= 4 is 16.0 Å². The number of aromatic carboxylic acids is 1. The van der Waals surface area contributed by atoms with Gasteiger partial charge in [0.1, 0.15) is 10.6 Å². The van der Waals surface area contributed by atoms with Crippen molar-refractivity contribution in [2.75, 3.05) is 13.6 Å². The normalized spacial score (nSPS) is 12.4. The Labute approximate surface area is 113 Å². The molecule has 0 aromatic carbocycles. The summed E-state index contributed by atoms with van der Waals surface area (Å²) in [7, 11) is -2.17. The Morgan fingerprint density at radius 2 is 1.89 bits per heavy atom. The minimum atomic E-state index is -3.67. The number of hydrogen-bond acceptors (Lipinski definition) is 3. The molecular weight excluding hydrogens is 268 g/mol. The maximum absolute atomic E-state index is 12.5. The number of carboxylic acid groups (broad SMARTS) is 1. The molecule has 0 saturated heterocycles. The van der Waals surface area contributed by atoms with Gasteiger partial charge >= 0.3 is 5.97 Å². The minimum absolute atomic E-state index is 0.0630. The molecule has 0 aliphatic carbocycles. The second-order valence-corrected chi connectivity index (χ2v) is 7.05. The molecule has 0 radical (unpaired) electrons. The zero-order valence-electron chi connectivity index (χ0n) is 11.8. The zero-order chi connectivity index (χ0) is 15.0. The highest BCUT2D eigenvalue weighted by molar-refractivity contribution is 7.89. The molecule has 1 rings (SSSR count). The fourth-order valence-electron chi connectivity index (χ4n) is 2.10. The lowest BCUT2D eigenvalue weighted by atomic mass is 10.2.